The van der Waals surface area contributed by atoms with Crippen molar-refractivity contribution >= 4 is 23.5 Å². The van der Waals surface area contributed by atoms with Gasteiger partial charge in [-0.3, -0.25) is 9.59 Å². The number of aromatic nitrogens is 1. The van der Waals surface area contributed by atoms with Crippen LogP contribution in [-0.4, -0.2) is 40.0 Å². The zero-order valence-electron chi connectivity index (χ0n) is 11.0. The smallest absolute Gasteiger partial charge is 0.305 e. The number of halogens is 1. The van der Waals surface area contributed by atoms with Crippen molar-refractivity contribution in [3.8, 4) is 0 Å². The number of carbonyl (C=O) groups excluding carboxylic acids is 1. The van der Waals surface area contributed by atoms with Crippen LogP contribution in [0, 0.1) is 5.92 Å². The largest absolute Gasteiger partial charge is 0.481 e. The van der Waals surface area contributed by atoms with Crippen molar-refractivity contribution in [2.75, 3.05) is 13.1 Å². The van der Waals surface area contributed by atoms with Gasteiger partial charge in [-0.05, 0) is 18.1 Å². The Morgan fingerprint density at radius 1 is 1.42 bits per heavy atom. The van der Waals surface area contributed by atoms with Gasteiger partial charge in [0.15, 0.2) is 0 Å². The second-order valence-electron chi connectivity index (χ2n) is 4.65. The number of rotatable bonds is 6. The van der Waals surface area contributed by atoms with E-state index in [0.717, 1.165) is 0 Å². The maximum absolute atomic E-state index is 12.2. The first-order chi connectivity index (χ1) is 8.90. The number of hydrogen-bond acceptors (Lipinski definition) is 3. The molecule has 1 heterocycles. The van der Waals surface area contributed by atoms with E-state index >= 15 is 0 Å². The second kappa shape index (κ2) is 7.09. The van der Waals surface area contributed by atoms with E-state index in [1.807, 2.05) is 13.8 Å². The lowest BCUT2D eigenvalue weighted by atomic mass is 10.2. The fraction of sp³-hybridized carbons (Fsp3) is 0.462. The van der Waals surface area contributed by atoms with E-state index in [0.29, 0.717) is 11.6 Å². The minimum atomic E-state index is -0.925. The van der Waals surface area contributed by atoms with Gasteiger partial charge < -0.3 is 10.0 Å². The monoisotopic (exact) mass is 284 g/mol. The summed E-state index contributed by atoms with van der Waals surface area (Å²) in [5.74, 6) is -0.942. The highest BCUT2D eigenvalue weighted by molar-refractivity contribution is 6.30. The van der Waals surface area contributed by atoms with Gasteiger partial charge in [0.05, 0.1) is 11.4 Å². The highest BCUT2D eigenvalue weighted by Crippen LogP contribution is 2.10. The molecular formula is C13H17ClN2O3. The van der Waals surface area contributed by atoms with Gasteiger partial charge in [0.25, 0.3) is 5.91 Å². The third-order valence-electron chi connectivity index (χ3n) is 2.41. The van der Waals surface area contributed by atoms with Gasteiger partial charge in [-0.1, -0.05) is 25.4 Å². The number of carboxylic acid groups (broad SMARTS) is 1. The standard InChI is InChI=1S/C13H17ClN2O3/c1-9(2)8-16(6-5-12(17)18)13(19)11-4-3-10(14)7-15-11/h3-4,7,9H,5-6,8H2,1-2H3,(H,17,18). The third-order valence-corrected chi connectivity index (χ3v) is 2.64. The Morgan fingerprint density at radius 2 is 2.11 bits per heavy atom. The summed E-state index contributed by atoms with van der Waals surface area (Å²) in [7, 11) is 0. The van der Waals surface area contributed by atoms with E-state index in [1.165, 1.54) is 11.1 Å². The summed E-state index contributed by atoms with van der Waals surface area (Å²) in [6.07, 6.45) is 1.32. The first kappa shape index (κ1) is 15.4. The van der Waals surface area contributed by atoms with Crippen molar-refractivity contribution in [2.24, 2.45) is 5.92 Å². The molecule has 1 aromatic rings. The Hall–Kier alpha value is -1.62. The summed E-state index contributed by atoms with van der Waals surface area (Å²) in [5.41, 5.74) is 0.274. The summed E-state index contributed by atoms with van der Waals surface area (Å²) < 4.78 is 0. The van der Waals surface area contributed by atoms with Gasteiger partial charge in [-0.25, -0.2) is 4.98 Å². The average Bonchev–Trinajstić information content (AvgIpc) is 2.34. The molecule has 0 unspecified atom stereocenters. The summed E-state index contributed by atoms with van der Waals surface area (Å²) >= 11 is 5.72. The number of aliphatic carboxylic acids is 1. The predicted molar refractivity (Wildman–Crippen MR) is 72.2 cm³/mol. The summed E-state index contributed by atoms with van der Waals surface area (Å²) in [5, 5.41) is 9.17. The first-order valence-electron chi connectivity index (χ1n) is 6.02. The molecule has 1 aromatic heterocycles. The SMILES string of the molecule is CC(C)CN(CCC(=O)O)C(=O)c1ccc(Cl)cn1. The minimum absolute atomic E-state index is 0.0773. The molecule has 0 bridgehead atoms. The van der Waals surface area contributed by atoms with Crippen LogP contribution < -0.4 is 0 Å². The quantitative estimate of drug-likeness (QED) is 0.870. The molecule has 6 heteroatoms. The molecule has 0 radical (unpaired) electrons. The summed E-state index contributed by atoms with van der Waals surface area (Å²) in [6, 6.07) is 3.13. The van der Waals surface area contributed by atoms with Crippen LogP contribution in [0.3, 0.4) is 0 Å². The Morgan fingerprint density at radius 3 is 2.58 bits per heavy atom. The molecule has 0 aliphatic heterocycles. The Bertz CT molecular complexity index is 446. The zero-order chi connectivity index (χ0) is 14.4. The number of pyridine rings is 1. The van der Waals surface area contributed by atoms with E-state index in [2.05, 4.69) is 4.98 Å². The van der Waals surface area contributed by atoms with Crippen LogP contribution in [0.1, 0.15) is 30.8 Å². The van der Waals surface area contributed by atoms with E-state index in [-0.39, 0.29) is 30.5 Å². The average molecular weight is 285 g/mol. The molecule has 0 spiro atoms. The molecule has 0 saturated carbocycles. The number of hydrogen-bond donors (Lipinski definition) is 1. The molecule has 0 aromatic carbocycles. The lowest BCUT2D eigenvalue weighted by molar-refractivity contribution is -0.137. The molecule has 0 atom stereocenters. The van der Waals surface area contributed by atoms with Crippen LogP contribution in [0.15, 0.2) is 18.3 Å². The number of amides is 1. The lowest BCUT2D eigenvalue weighted by Crippen LogP contribution is -2.36. The highest BCUT2D eigenvalue weighted by atomic mass is 35.5. The van der Waals surface area contributed by atoms with Gasteiger partial charge in [0.1, 0.15) is 5.69 Å². The third kappa shape index (κ3) is 5.26. The van der Waals surface area contributed by atoms with Crippen LogP contribution in [0.2, 0.25) is 5.02 Å². The van der Waals surface area contributed by atoms with Gasteiger partial charge in [0, 0.05) is 19.3 Å². The molecular weight excluding hydrogens is 268 g/mol. The first-order valence-corrected chi connectivity index (χ1v) is 6.40. The highest BCUT2D eigenvalue weighted by Gasteiger charge is 2.18. The van der Waals surface area contributed by atoms with Crippen LogP contribution in [0.4, 0.5) is 0 Å². The molecule has 1 N–H and O–H groups in total. The van der Waals surface area contributed by atoms with Crippen molar-refractivity contribution in [1.29, 1.82) is 0 Å². The summed E-state index contributed by atoms with van der Waals surface area (Å²) in [6.45, 7) is 4.61. The van der Waals surface area contributed by atoms with E-state index in [1.54, 1.807) is 12.1 Å². The van der Waals surface area contributed by atoms with Crippen LogP contribution in [-0.2, 0) is 4.79 Å². The van der Waals surface area contributed by atoms with Crippen molar-refractivity contribution in [1.82, 2.24) is 9.88 Å². The normalized spacial score (nSPS) is 10.5. The minimum Gasteiger partial charge on any atom is -0.481 e. The maximum atomic E-state index is 12.2. The predicted octanol–water partition coefficient (Wildman–Crippen LogP) is 2.31. The van der Waals surface area contributed by atoms with E-state index < -0.39 is 5.97 Å². The van der Waals surface area contributed by atoms with Gasteiger partial charge in [-0.2, -0.15) is 0 Å². The molecule has 19 heavy (non-hydrogen) atoms. The Kier molecular flexibility index (Phi) is 5.76. The van der Waals surface area contributed by atoms with Crippen molar-refractivity contribution in [3.63, 3.8) is 0 Å². The second-order valence-corrected chi connectivity index (χ2v) is 5.09. The molecule has 1 amide bonds. The van der Waals surface area contributed by atoms with Gasteiger partial charge in [-0.15, -0.1) is 0 Å². The number of carbonyl (C=O) groups is 2. The van der Waals surface area contributed by atoms with Crippen molar-refractivity contribution in [3.05, 3.63) is 29.0 Å². The van der Waals surface area contributed by atoms with Crippen molar-refractivity contribution < 1.29 is 14.7 Å². The lowest BCUT2D eigenvalue weighted by Gasteiger charge is -2.23. The zero-order valence-corrected chi connectivity index (χ0v) is 11.7. The number of carboxylic acids is 1. The Labute approximate surface area is 117 Å². The maximum Gasteiger partial charge on any atom is 0.305 e. The molecule has 0 saturated heterocycles. The van der Waals surface area contributed by atoms with Crippen molar-refractivity contribution in [2.45, 2.75) is 20.3 Å². The van der Waals surface area contributed by atoms with Crippen LogP contribution >= 0.6 is 11.6 Å². The summed E-state index contributed by atoms with van der Waals surface area (Å²) in [4.78, 5) is 28.3. The topological polar surface area (TPSA) is 70.5 Å². The van der Waals surface area contributed by atoms with Gasteiger partial charge >= 0.3 is 5.97 Å². The van der Waals surface area contributed by atoms with E-state index in [4.69, 9.17) is 16.7 Å². The van der Waals surface area contributed by atoms with Crippen LogP contribution in [0.5, 0.6) is 0 Å². The fourth-order valence-electron chi connectivity index (χ4n) is 1.61. The molecule has 1 rings (SSSR count). The Balaban J connectivity index is 2.80. The van der Waals surface area contributed by atoms with Gasteiger partial charge in [0.2, 0.25) is 0 Å². The molecule has 0 aliphatic carbocycles. The van der Waals surface area contributed by atoms with E-state index in [9.17, 15) is 9.59 Å². The molecule has 104 valence electrons. The molecule has 5 nitrogen and oxygen atoms in total. The van der Waals surface area contributed by atoms with Crippen LogP contribution in [0.25, 0.3) is 0 Å². The molecule has 0 aliphatic rings. The fourth-order valence-corrected chi connectivity index (χ4v) is 1.72. The number of nitrogens with zero attached hydrogens (tertiary/aromatic N) is 2. The molecule has 0 fully saturated rings.